The van der Waals surface area contributed by atoms with Gasteiger partial charge in [0.15, 0.2) is 17.3 Å². The number of benzene rings is 2. The van der Waals surface area contributed by atoms with E-state index in [4.69, 9.17) is 14.6 Å². The molecule has 3 N–H and O–H groups in total. The van der Waals surface area contributed by atoms with Crippen LogP contribution in [0.3, 0.4) is 0 Å². The Morgan fingerprint density at radius 2 is 1.69 bits per heavy atom. The van der Waals surface area contributed by atoms with Crippen LogP contribution in [0.2, 0.25) is 0 Å². The van der Waals surface area contributed by atoms with Crippen LogP contribution in [0.1, 0.15) is 74.5 Å². The number of aliphatic carboxylic acids is 1. The molecule has 0 fully saturated rings. The van der Waals surface area contributed by atoms with Crippen LogP contribution in [0.4, 0.5) is 4.39 Å². The summed E-state index contributed by atoms with van der Waals surface area (Å²) in [6, 6.07) is 7.27. The van der Waals surface area contributed by atoms with E-state index < -0.39 is 23.3 Å². The Kier molecular flexibility index (Phi) is 12.2. The van der Waals surface area contributed by atoms with Gasteiger partial charge in [0.2, 0.25) is 0 Å². The summed E-state index contributed by atoms with van der Waals surface area (Å²) in [4.78, 5) is 22.7. The molecule has 0 heterocycles. The van der Waals surface area contributed by atoms with E-state index in [0.717, 1.165) is 12.5 Å². The van der Waals surface area contributed by atoms with Crippen LogP contribution < -0.4 is 9.47 Å². The zero-order valence-corrected chi connectivity index (χ0v) is 20.1. The average Bonchev–Trinajstić information content (AvgIpc) is 2.75. The Bertz CT molecular complexity index is 1020. The number of ketones is 1. The van der Waals surface area contributed by atoms with Gasteiger partial charge in [-0.3, -0.25) is 9.59 Å². The number of carboxylic acid groups (broad SMARTS) is 1. The molecule has 0 aliphatic rings. The molecule has 9 heteroatoms. The summed E-state index contributed by atoms with van der Waals surface area (Å²) in [5, 5.41) is 29.9. The summed E-state index contributed by atoms with van der Waals surface area (Å²) in [6.07, 6.45) is 0.361. The van der Waals surface area contributed by atoms with Gasteiger partial charge in [-0.15, -0.1) is 0 Å². The van der Waals surface area contributed by atoms with Crippen LogP contribution >= 0.6 is 0 Å². The molecule has 0 bridgehead atoms. The van der Waals surface area contributed by atoms with Crippen molar-refractivity contribution in [1.82, 2.24) is 0 Å². The molecule has 7 nitrogen and oxygen atoms in total. The number of hydrogen-bond acceptors (Lipinski definition) is 6. The van der Waals surface area contributed by atoms with Crippen molar-refractivity contribution in [3.8, 4) is 17.2 Å². The molecule has 0 spiro atoms. The second kappa shape index (κ2) is 13.8. The zero-order valence-electron chi connectivity index (χ0n) is 20.1. The van der Waals surface area contributed by atoms with E-state index in [9.17, 15) is 24.2 Å². The number of phenolic OH excluding ortho intramolecular Hbond substituents is 1. The van der Waals surface area contributed by atoms with E-state index in [2.05, 4.69) is 0 Å². The van der Waals surface area contributed by atoms with Crippen LogP contribution in [0.5, 0.6) is 17.2 Å². The second-order valence-corrected chi connectivity index (χ2v) is 8.95. The van der Waals surface area contributed by atoms with Crippen LogP contribution in [-0.2, 0) is 11.2 Å². The fourth-order valence-electron chi connectivity index (χ4n) is 3.69. The summed E-state index contributed by atoms with van der Waals surface area (Å²) < 4.78 is 25.7. The number of phenols is 1. The van der Waals surface area contributed by atoms with Crippen molar-refractivity contribution in [2.75, 3.05) is 13.2 Å². The molecule has 0 aliphatic heterocycles. The van der Waals surface area contributed by atoms with Gasteiger partial charge in [-0.05, 0) is 43.2 Å². The average molecular weight is 501 g/mol. The molecule has 35 heavy (non-hydrogen) atoms. The van der Waals surface area contributed by atoms with E-state index in [-0.39, 0.29) is 77.6 Å². The van der Waals surface area contributed by atoms with Gasteiger partial charge in [-0.2, -0.15) is 0 Å². The number of aliphatic hydroxyl groups is 1. The maximum atomic E-state index is 14.5. The molecule has 2 rings (SSSR count). The van der Waals surface area contributed by atoms with Gasteiger partial charge >= 0.3 is 35.5 Å². The van der Waals surface area contributed by atoms with Crippen LogP contribution in [0, 0.1) is 11.2 Å². The summed E-state index contributed by atoms with van der Waals surface area (Å²) in [5.41, 5.74) is 0.152. The van der Waals surface area contributed by atoms with E-state index in [0.29, 0.717) is 24.2 Å². The summed E-state index contributed by atoms with van der Waals surface area (Å²) in [6.45, 7) is 7.00. The number of carbonyl (C=O) groups is 2. The van der Waals surface area contributed by atoms with Gasteiger partial charge in [0.05, 0.1) is 31.3 Å². The Morgan fingerprint density at radius 3 is 2.23 bits per heavy atom. The van der Waals surface area contributed by atoms with Gasteiger partial charge in [-0.25, -0.2) is 4.39 Å². The molecule has 0 radical (unpaired) electrons. The molecule has 0 saturated heterocycles. The monoisotopic (exact) mass is 500 g/mol. The molecule has 0 saturated carbocycles. The predicted octanol–water partition coefficient (Wildman–Crippen LogP) is 4.42. The van der Waals surface area contributed by atoms with Crippen molar-refractivity contribution < 1.29 is 38.8 Å². The number of rotatable bonds is 13. The standard InChI is InChI=1S/C26H33FO7.Na.H/c1-5-7-19-21(11-9-18(16(2)28)24(19)31)33-12-6-13-34-22-10-8-17(14-20(22)27)25(32)26(3,4)15-23(29)30;;/h8-11,14,25,31-32H,5-7,12-13,15H2,1-4H3,(H,29,30);;. The molecule has 0 amide bonds. The number of carbonyl (C=O) groups excluding carboxylic acids is 1. The first-order chi connectivity index (χ1) is 16.0. The summed E-state index contributed by atoms with van der Waals surface area (Å²) in [7, 11) is 0. The van der Waals surface area contributed by atoms with E-state index in [1.807, 2.05) is 6.92 Å². The third kappa shape index (κ3) is 8.49. The third-order valence-electron chi connectivity index (χ3n) is 5.54. The molecule has 0 aromatic heterocycles. The van der Waals surface area contributed by atoms with Gasteiger partial charge in [0, 0.05) is 17.4 Å². The molecule has 2 aromatic rings. The number of Topliss-reactive ketones (excluding diaryl/α,β-unsaturated/α-hetero) is 1. The first-order valence-electron chi connectivity index (χ1n) is 11.3. The fourth-order valence-corrected chi connectivity index (χ4v) is 3.69. The number of hydrogen-bond donors (Lipinski definition) is 3. The van der Waals surface area contributed by atoms with Crippen LogP contribution in [0.25, 0.3) is 0 Å². The van der Waals surface area contributed by atoms with Crippen molar-refractivity contribution in [3.63, 3.8) is 0 Å². The normalized spacial score (nSPS) is 11.9. The molecule has 2 aromatic carbocycles. The third-order valence-corrected chi connectivity index (χ3v) is 5.54. The minimum atomic E-state index is -1.15. The molecular formula is C26H34FNaO7. The number of aromatic hydroxyl groups is 1. The maximum absolute atomic E-state index is 14.5. The van der Waals surface area contributed by atoms with Gasteiger partial charge in [0.25, 0.3) is 0 Å². The van der Waals surface area contributed by atoms with E-state index in [1.54, 1.807) is 19.9 Å². The zero-order chi connectivity index (χ0) is 25.5. The number of halogens is 1. The minimum absolute atomic E-state index is 0. The Morgan fingerprint density at radius 1 is 1.09 bits per heavy atom. The molecular weight excluding hydrogens is 466 g/mol. The summed E-state index contributed by atoms with van der Waals surface area (Å²) >= 11 is 0. The van der Waals surface area contributed by atoms with Crippen LogP contribution in [0.15, 0.2) is 30.3 Å². The van der Waals surface area contributed by atoms with Gasteiger partial charge < -0.3 is 24.8 Å². The SMILES string of the molecule is CCCc1c(OCCCOc2ccc(C(O)C(C)(C)CC(=O)O)cc2F)ccc(C(C)=O)c1O.[NaH]. The summed E-state index contributed by atoms with van der Waals surface area (Å²) in [5.74, 6) is -1.46. The van der Waals surface area contributed by atoms with E-state index in [1.165, 1.54) is 25.1 Å². The topological polar surface area (TPSA) is 113 Å². The van der Waals surface area contributed by atoms with Gasteiger partial charge in [-0.1, -0.05) is 33.3 Å². The Balaban J connectivity index is 0.00000612. The first-order valence-corrected chi connectivity index (χ1v) is 11.3. The second-order valence-electron chi connectivity index (χ2n) is 8.95. The fraction of sp³-hybridized carbons (Fsp3) is 0.462. The number of ether oxygens (including phenoxy) is 2. The van der Waals surface area contributed by atoms with Crippen LogP contribution in [-0.4, -0.2) is 69.8 Å². The molecule has 1 unspecified atom stereocenters. The number of carboxylic acids is 1. The molecule has 188 valence electrons. The van der Waals surface area contributed by atoms with Crippen molar-refractivity contribution in [2.45, 2.75) is 59.5 Å². The predicted molar refractivity (Wildman–Crippen MR) is 132 cm³/mol. The molecule has 0 aliphatic carbocycles. The van der Waals surface area contributed by atoms with Crippen molar-refractivity contribution in [3.05, 3.63) is 52.8 Å². The van der Waals surface area contributed by atoms with E-state index >= 15 is 0 Å². The molecule has 1 atom stereocenters. The van der Waals surface area contributed by atoms with Crippen molar-refractivity contribution in [2.24, 2.45) is 5.41 Å². The van der Waals surface area contributed by atoms with Crippen molar-refractivity contribution >= 4 is 41.3 Å². The first kappa shape index (κ1) is 30.9. The van der Waals surface area contributed by atoms with Crippen molar-refractivity contribution in [1.29, 1.82) is 0 Å². The Hall–Kier alpha value is -2.13. The Labute approximate surface area is 227 Å². The number of aliphatic hydroxyl groups excluding tert-OH is 1. The van der Waals surface area contributed by atoms with Gasteiger partial charge in [0.1, 0.15) is 11.5 Å². The quantitative estimate of drug-likeness (QED) is 0.212.